The summed E-state index contributed by atoms with van der Waals surface area (Å²) in [5.41, 5.74) is 5.29. The van der Waals surface area contributed by atoms with Gasteiger partial charge in [-0.3, -0.25) is 5.43 Å². The van der Waals surface area contributed by atoms with Crippen molar-refractivity contribution >= 4 is 52.4 Å². The Morgan fingerprint density at radius 2 is 1.68 bits per heavy atom. The Bertz CT molecular complexity index is 960. The molecule has 0 unspecified atom stereocenters. The fourth-order valence-electron chi connectivity index (χ4n) is 2.36. The summed E-state index contributed by atoms with van der Waals surface area (Å²) in [6.07, 6.45) is 1.66. The summed E-state index contributed by atoms with van der Waals surface area (Å²) >= 11 is 17.6. The fourth-order valence-corrected chi connectivity index (χ4v) is 3.03. The van der Waals surface area contributed by atoms with Gasteiger partial charge >= 0.3 is 0 Å². The van der Waals surface area contributed by atoms with Crippen LogP contribution in [0, 0.1) is 0 Å². The van der Waals surface area contributed by atoms with Crippen molar-refractivity contribution in [3.63, 3.8) is 0 Å². The van der Waals surface area contributed by atoms with Crippen molar-refractivity contribution in [3.05, 3.63) is 94.0 Å². The van der Waals surface area contributed by atoms with Crippen LogP contribution in [0.2, 0.25) is 10.0 Å². The second-order valence-electron chi connectivity index (χ2n) is 5.75. The lowest BCUT2D eigenvalue weighted by atomic mass is 10.2. The normalized spacial score (nSPS) is 10.6. The van der Waals surface area contributed by atoms with Crippen LogP contribution in [0.1, 0.15) is 11.1 Å². The van der Waals surface area contributed by atoms with Crippen molar-refractivity contribution in [2.24, 2.45) is 5.10 Å². The van der Waals surface area contributed by atoms with E-state index in [1.165, 1.54) is 0 Å². The number of anilines is 1. The van der Waals surface area contributed by atoms with Gasteiger partial charge in [0, 0.05) is 21.3 Å². The minimum Gasteiger partial charge on any atom is -0.489 e. The van der Waals surface area contributed by atoms with E-state index in [0.717, 1.165) is 16.8 Å². The molecule has 0 aromatic heterocycles. The number of rotatable bonds is 6. The van der Waals surface area contributed by atoms with Gasteiger partial charge in [0.25, 0.3) is 0 Å². The van der Waals surface area contributed by atoms with Crippen LogP contribution in [-0.4, -0.2) is 11.3 Å². The van der Waals surface area contributed by atoms with E-state index in [1.807, 2.05) is 54.6 Å². The number of hydrogen-bond donors (Lipinski definition) is 2. The van der Waals surface area contributed by atoms with Crippen LogP contribution in [0.3, 0.4) is 0 Å². The summed E-state index contributed by atoms with van der Waals surface area (Å²) in [4.78, 5) is 0. The molecule has 0 bridgehead atoms. The first kappa shape index (κ1) is 20.1. The van der Waals surface area contributed by atoms with Crippen LogP contribution in [0.25, 0.3) is 0 Å². The molecule has 0 aliphatic carbocycles. The smallest absolute Gasteiger partial charge is 0.191 e. The summed E-state index contributed by atoms with van der Waals surface area (Å²) in [5, 5.41) is 8.76. The van der Waals surface area contributed by atoms with Gasteiger partial charge in [0.1, 0.15) is 12.4 Å². The highest BCUT2D eigenvalue weighted by atomic mass is 35.5. The van der Waals surface area contributed by atoms with Crippen LogP contribution in [-0.2, 0) is 6.61 Å². The Labute approximate surface area is 179 Å². The topological polar surface area (TPSA) is 45.7 Å². The molecular formula is C21H17Cl2N3OS. The predicted octanol–water partition coefficient (Wildman–Crippen LogP) is 5.89. The quantitative estimate of drug-likeness (QED) is 0.291. The summed E-state index contributed by atoms with van der Waals surface area (Å²) in [6, 6.07) is 22.5. The number of ether oxygens (including phenoxy) is 1. The summed E-state index contributed by atoms with van der Waals surface area (Å²) in [7, 11) is 0. The molecular weight excluding hydrogens is 413 g/mol. The molecule has 0 saturated carbocycles. The van der Waals surface area contributed by atoms with Crippen LogP contribution in [0.15, 0.2) is 77.9 Å². The SMILES string of the molecule is S=C(NN=Cc1cccc(OCc2c(Cl)cccc2Cl)c1)Nc1ccccc1. The third-order valence-electron chi connectivity index (χ3n) is 3.71. The predicted molar refractivity (Wildman–Crippen MR) is 121 cm³/mol. The highest BCUT2D eigenvalue weighted by Crippen LogP contribution is 2.26. The van der Waals surface area contributed by atoms with E-state index in [9.17, 15) is 0 Å². The van der Waals surface area contributed by atoms with Gasteiger partial charge in [-0.1, -0.05) is 59.6 Å². The van der Waals surface area contributed by atoms with Gasteiger partial charge in [0.15, 0.2) is 5.11 Å². The molecule has 28 heavy (non-hydrogen) atoms. The van der Waals surface area contributed by atoms with E-state index in [2.05, 4.69) is 15.8 Å². The summed E-state index contributed by atoms with van der Waals surface area (Å²) in [6.45, 7) is 0.280. The Hall–Kier alpha value is -2.60. The molecule has 0 spiro atoms. The van der Waals surface area contributed by atoms with Gasteiger partial charge in [0.05, 0.1) is 6.21 Å². The number of nitrogens with one attached hydrogen (secondary N) is 2. The highest BCUT2D eigenvalue weighted by molar-refractivity contribution is 7.80. The summed E-state index contributed by atoms with van der Waals surface area (Å²) in [5.74, 6) is 0.685. The zero-order chi connectivity index (χ0) is 19.8. The molecule has 142 valence electrons. The van der Waals surface area contributed by atoms with Crippen molar-refractivity contribution in [1.29, 1.82) is 0 Å². The Kier molecular flexibility index (Phi) is 7.25. The molecule has 7 heteroatoms. The number of benzene rings is 3. The first-order chi connectivity index (χ1) is 13.6. The Morgan fingerprint density at radius 1 is 0.964 bits per heavy atom. The maximum Gasteiger partial charge on any atom is 0.191 e. The lowest BCUT2D eigenvalue weighted by Crippen LogP contribution is -2.23. The van der Waals surface area contributed by atoms with E-state index < -0.39 is 0 Å². The number of hydrazone groups is 1. The second-order valence-corrected chi connectivity index (χ2v) is 6.97. The third kappa shape index (κ3) is 5.96. The Morgan fingerprint density at radius 3 is 2.43 bits per heavy atom. The van der Waals surface area contributed by atoms with Gasteiger partial charge in [0.2, 0.25) is 0 Å². The van der Waals surface area contributed by atoms with E-state index in [-0.39, 0.29) is 6.61 Å². The molecule has 2 N–H and O–H groups in total. The first-order valence-corrected chi connectivity index (χ1v) is 9.59. The standard InChI is InChI=1S/C21H17Cl2N3OS/c22-19-10-5-11-20(23)18(19)14-27-17-9-4-6-15(12-17)13-24-26-21(28)25-16-7-2-1-3-8-16/h1-13H,14H2,(H2,25,26,28). The van der Waals surface area contributed by atoms with Crippen LogP contribution >= 0.6 is 35.4 Å². The van der Waals surface area contributed by atoms with Gasteiger partial charge in [-0.15, -0.1) is 0 Å². The fraction of sp³-hybridized carbons (Fsp3) is 0.0476. The number of thiocarbonyl (C=S) groups is 1. The molecule has 0 amide bonds. The second kappa shape index (κ2) is 10.1. The van der Waals surface area contributed by atoms with Gasteiger partial charge in [-0.05, 0) is 54.2 Å². The van der Waals surface area contributed by atoms with Crippen molar-refractivity contribution in [2.45, 2.75) is 6.61 Å². The monoisotopic (exact) mass is 429 g/mol. The maximum absolute atomic E-state index is 6.17. The largest absolute Gasteiger partial charge is 0.489 e. The third-order valence-corrected chi connectivity index (χ3v) is 4.62. The van der Waals surface area contributed by atoms with E-state index >= 15 is 0 Å². The Balaban J connectivity index is 1.55. The molecule has 0 radical (unpaired) electrons. The van der Waals surface area contributed by atoms with E-state index in [4.69, 9.17) is 40.2 Å². The van der Waals surface area contributed by atoms with Crippen molar-refractivity contribution in [2.75, 3.05) is 5.32 Å². The van der Waals surface area contributed by atoms with E-state index in [1.54, 1.807) is 24.4 Å². The highest BCUT2D eigenvalue weighted by Gasteiger charge is 2.06. The minimum atomic E-state index is 0.280. The number of para-hydroxylation sites is 1. The number of hydrogen-bond acceptors (Lipinski definition) is 3. The zero-order valence-corrected chi connectivity index (χ0v) is 17.1. The van der Waals surface area contributed by atoms with E-state index in [0.29, 0.717) is 20.9 Å². The molecule has 3 aromatic carbocycles. The maximum atomic E-state index is 6.17. The minimum absolute atomic E-state index is 0.280. The van der Waals surface area contributed by atoms with Crippen molar-refractivity contribution < 1.29 is 4.74 Å². The number of halogens is 2. The van der Waals surface area contributed by atoms with Gasteiger partial charge < -0.3 is 10.1 Å². The molecule has 0 fully saturated rings. The lowest BCUT2D eigenvalue weighted by Gasteiger charge is -2.10. The van der Waals surface area contributed by atoms with Crippen LogP contribution in [0.4, 0.5) is 5.69 Å². The molecule has 3 aromatic rings. The lowest BCUT2D eigenvalue weighted by molar-refractivity contribution is 0.306. The van der Waals surface area contributed by atoms with Crippen molar-refractivity contribution in [1.82, 2.24) is 5.43 Å². The average Bonchev–Trinajstić information content (AvgIpc) is 2.69. The summed E-state index contributed by atoms with van der Waals surface area (Å²) < 4.78 is 5.81. The van der Waals surface area contributed by atoms with Gasteiger partial charge in [-0.25, -0.2) is 0 Å². The zero-order valence-electron chi connectivity index (χ0n) is 14.7. The van der Waals surface area contributed by atoms with Crippen LogP contribution in [0.5, 0.6) is 5.75 Å². The molecule has 3 rings (SSSR count). The average molecular weight is 430 g/mol. The molecule has 0 saturated heterocycles. The molecule has 0 aliphatic rings. The number of nitrogens with zero attached hydrogens (tertiary/aromatic N) is 1. The van der Waals surface area contributed by atoms with Gasteiger partial charge in [-0.2, -0.15) is 5.10 Å². The van der Waals surface area contributed by atoms with Crippen molar-refractivity contribution in [3.8, 4) is 5.75 Å². The molecule has 4 nitrogen and oxygen atoms in total. The molecule has 0 aliphatic heterocycles. The molecule has 0 atom stereocenters. The van der Waals surface area contributed by atoms with Crippen LogP contribution < -0.4 is 15.5 Å². The first-order valence-electron chi connectivity index (χ1n) is 8.42. The molecule has 0 heterocycles.